The molecule has 0 aromatic rings. The van der Waals surface area contributed by atoms with Crippen molar-refractivity contribution in [3.8, 4) is 0 Å². The number of hydroxylamine groups is 3. The summed E-state index contributed by atoms with van der Waals surface area (Å²) in [6.45, 7) is 4.38. The van der Waals surface area contributed by atoms with Crippen LogP contribution in [0.25, 0.3) is 0 Å². The lowest BCUT2D eigenvalue weighted by molar-refractivity contribution is -1.37. The lowest BCUT2D eigenvalue weighted by atomic mass is 9.98. The van der Waals surface area contributed by atoms with Gasteiger partial charge in [0.2, 0.25) is 0 Å². The lowest BCUT2D eigenvalue weighted by Gasteiger charge is -2.15. The van der Waals surface area contributed by atoms with Crippen LogP contribution < -0.4 is 12.4 Å². The summed E-state index contributed by atoms with van der Waals surface area (Å²) >= 11 is 0. The Morgan fingerprint density at radius 1 is 0.556 bits per heavy atom. The van der Waals surface area contributed by atoms with Crippen LogP contribution in [0.2, 0.25) is 0 Å². The Morgan fingerprint density at radius 2 is 0.889 bits per heavy atom. The van der Waals surface area contributed by atoms with Gasteiger partial charge in [-0.15, -0.1) is 15.6 Å². The van der Waals surface area contributed by atoms with E-state index in [0.29, 0.717) is 12.3 Å². The zero-order valence-corrected chi connectivity index (χ0v) is 18.9. The smallest absolute Gasteiger partial charge is 0.177 e. The van der Waals surface area contributed by atoms with Crippen LogP contribution in [0.3, 0.4) is 0 Å². The van der Waals surface area contributed by atoms with E-state index in [1.54, 1.807) is 0 Å². The van der Waals surface area contributed by atoms with E-state index in [-0.39, 0.29) is 19.0 Å². The fraction of sp³-hybridized carbons (Fsp3) is 1.00. The summed E-state index contributed by atoms with van der Waals surface area (Å²) in [6.07, 6.45) is 23.9. The minimum atomic E-state index is -1.89. The van der Waals surface area contributed by atoms with Crippen LogP contribution in [0.4, 0.5) is 0 Å². The van der Waals surface area contributed by atoms with Crippen LogP contribution in [0.5, 0.6) is 0 Å². The quantitative estimate of drug-likeness (QED) is 0.156. The third-order valence-corrected chi connectivity index (χ3v) is 5.47. The Balaban J connectivity index is 0. The zero-order valence-electron chi connectivity index (χ0n) is 18.2. The van der Waals surface area contributed by atoms with E-state index in [0.717, 1.165) is 6.42 Å². The van der Waals surface area contributed by atoms with Crippen molar-refractivity contribution in [2.75, 3.05) is 6.54 Å². The summed E-state index contributed by atoms with van der Waals surface area (Å²) in [5.41, 5.74) is 0. The molecule has 4 nitrogen and oxygen atoms in total. The number of hydrogen-bond acceptors (Lipinski definition) is 3. The summed E-state index contributed by atoms with van der Waals surface area (Å²) in [5.74, 6) is 0.436. The standard InChI is InChI=1S/C22H48NO3.ClH/c1-3-4-5-6-7-8-9-10-11-12-13-14-15-16-17-18-19-22(2)20-21-23(24,25)26;/h22,24-26H,3-21H2,1-2H3;1H/q+1;/p-1. The van der Waals surface area contributed by atoms with Crippen LogP contribution in [0.15, 0.2) is 0 Å². The van der Waals surface area contributed by atoms with Gasteiger partial charge in [0, 0.05) is 6.42 Å². The van der Waals surface area contributed by atoms with Gasteiger partial charge in [-0.3, -0.25) is 0 Å². The van der Waals surface area contributed by atoms with Crippen molar-refractivity contribution in [3.63, 3.8) is 0 Å². The van der Waals surface area contributed by atoms with E-state index in [9.17, 15) is 0 Å². The second-order valence-electron chi connectivity index (χ2n) is 8.40. The third kappa shape index (κ3) is 26.1. The minimum absolute atomic E-state index is 0. The Labute approximate surface area is 175 Å². The molecule has 0 aromatic heterocycles. The Bertz CT molecular complexity index is 285. The molecule has 0 spiro atoms. The highest BCUT2D eigenvalue weighted by Gasteiger charge is 2.19. The molecule has 5 heteroatoms. The van der Waals surface area contributed by atoms with Crippen molar-refractivity contribution in [3.05, 3.63) is 0 Å². The molecule has 27 heavy (non-hydrogen) atoms. The number of halogens is 1. The number of nitrogens with zero attached hydrogens (tertiary/aromatic N) is 1. The largest absolute Gasteiger partial charge is 1.00 e. The molecule has 0 heterocycles. The number of unbranched alkanes of at least 4 members (excludes halogenated alkanes) is 15. The van der Waals surface area contributed by atoms with Crippen LogP contribution in [-0.2, 0) is 0 Å². The van der Waals surface area contributed by atoms with Crippen molar-refractivity contribution < 1.29 is 33.0 Å². The molecule has 0 radical (unpaired) electrons. The molecule has 0 saturated heterocycles. The number of quaternary nitrogens is 1. The van der Waals surface area contributed by atoms with Gasteiger partial charge in [0.15, 0.2) is 6.54 Å². The highest BCUT2D eigenvalue weighted by molar-refractivity contribution is 4.54. The molecule has 0 aromatic carbocycles. The van der Waals surface area contributed by atoms with Crippen LogP contribution >= 0.6 is 0 Å². The second kappa shape index (κ2) is 20.9. The minimum Gasteiger partial charge on any atom is -1.00 e. The van der Waals surface area contributed by atoms with E-state index in [2.05, 4.69) is 13.8 Å². The number of rotatable bonds is 20. The molecule has 0 saturated carbocycles. The van der Waals surface area contributed by atoms with E-state index >= 15 is 0 Å². The van der Waals surface area contributed by atoms with E-state index < -0.39 is 4.97 Å². The average molecular weight is 410 g/mol. The van der Waals surface area contributed by atoms with Crippen molar-refractivity contribution in [1.82, 2.24) is 0 Å². The molecule has 0 aliphatic heterocycles. The van der Waals surface area contributed by atoms with Crippen molar-refractivity contribution >= 4 is 0 Å². The number of hydrogen-bond donors (Lipinski definition) is 3. The SMILES string of the molecule is CCCCCCCCCCCCCCCCCCC(C)CC[N+](O)(O)O.[Cl-]. The van der Waals surface area contributed by atoms with Gasteiger partial charge in [-0.05, 0) is 5.92 Å². The molecule has 0 bridgehead atoms. The van der Waals surface area contributed by atoms with Gasteiger partial charge < -0.3 is 12.4 Å². The maximum atomic E-state index is 8.83. The van der Waals surface area contributed by atoms with Gasteiger partial charge in [0.25, 0.3) is 0 Å². The maximum absolute atomic E-state index is 8.83. The fourth-order valence-electron chi connectivity index (χ4n) is 3.58. The molecule has 0 rings (SSSR count). The van der Waals surface area contributed by atoms with Gasteiger partial charge >= 0.3 is 0 Å². The molecule has 0 amide bonds. The highest BCUT2D eigenvalue weighted by Crippen LogP contribution is 2.17. The lowest BCUT2D eigenvalue weighted by Crippen LogP contribution is -3.00. The topological polar surface area (TPSA) is 60.7 Å². The second-order valence-corrected chi connectivity index (χ2v) is 8.40. The van der Waals surface area contributed by atoms with Crippen molar-refractivity contribution in [1.29, 1.82) is 0 Å². The molecular formula is C22H48ClNO3. The van der Waals surface area contributed by atoms with E-state index in [1.165, 1.54) is 103 Å². The molecular weight excluding hydrogens is 362 g/mol. The molecule has 1 atom stereocenters. The Morgan fingerprint density at radius 3 is 1.22 bits per heavy atom. The van der Waals surface area contributed by atoms with E-state index in [1.807, 2.05) is 0 Å². The predicted octanol–water partition coefficient (Wildman–Crippen LogP) is 4.65. The van der Waals surface area contributed by atoms with Crippen molar-refractivity contribution in [2.24, 2.45) is 5.92 Å². The van der Waals surface area contributed by atoms with Gasteiger partial charge in [-0.1, -0.05) is 123 Å². The fourth-order valence-corrected chi connectivity index (χ4v) is 3.58. The monoisotopic (exact) mass is 409 g/mol. The molecule has 3 N–H and O–H groups in total. The molecule has 0 aliphatic carbocycles. The summed E-state index contributed by atoms with van der Waals surface area (Å²) in [6, 6.07) is 0. The van der Waals surface area contributed by atoms with E-state index in [4.69, 9.17) is 15.6 Å². The summed E-state index contributed by atoms with van der Waals surface area (Å²) in [5, 5.41) is 26.5. The van der Waals surface area contributed by atoms with Gasteiger partial charge in [-0.2, -0.15) is 0 Å². The highest BCUT2D eigenvalue weighted by atomic mass is 35.5. The van der Waals surface area contributed by atoms with Gasteiger partial charge in [0.05, 0.1) is 4.97 Å². The van der Waals surface area contributed by atoms with Crippen molar-refractivity contribution in [2.45, 2.75) is 129 Å². The molecule has 166 valence electrons. The first-order valence-corrected chi connectivity index (χ1v) is 11.5. The summed E-state index contributed by atoms with van der Waals surface area (Å²) < 4.78 is 0. The van der Waals surface area contributed by atoms with Gasteiger partial charge in [-0.25, -0.2) is 0 Å². The Hall–Kier alpha value is 0.130. The summed E-state index contributed by atoms with van der Waals surface area (Å²) in [7, 11) is 0. The van der Waals surface area contributed by atoms with Crippen LogP contribution in [0.1, 0.15) is 129 Å². The average Bonchev–Trinajstić information content (AvgIpc) is 2.59. The molecule has 1 unspecified atom stereocenters. The predicted molar refractivity (Wildman–Crippen MR) is 108 cm³/mol. The third-order valence-electron chi connectivity index (χ3n) is 5.47. The molecule has 0 fully saturated rings. The first-order chi connectivity index (χ1) is 12.5. The van der Waals surface area contributed by atoms with Crippen LogP contribution in [0, 0.1) is 5.92 Å². The molecule has 0 aliphatic rings. The first-order valence-electron chi connectivity index (χ1n) is 11.5. The van der Waals surface area contributed by atoms with Crippen LogP contribution in [-0.4, -0.2) is 27.1 Å². The normalized spacial score (nSPS) is 12.8. The summed E-state index contributed by atoms with van der Waals surface area (Å²) in [4.78, 5) is -1.89. The first kappa shape index (κ1) is 29.3. The maximum Gasteiger partial charge on any atom is 0.177 e. The Kier molecular flexibility index (Phi) is 22.7. The zero-order chi connectivity index (χ0) is 19.5. The van der Waals surface area contributed by atoms with Gasteiger partial charge in [0.1, 0.15) is 0 Å².